The van der Waals surface area contributed by atoms with Crippen LogP contribution in [0.5, 0.6) is 17.2 Å². The van der Waals surface area contributed by atoms with Crippen molar-refractivity contribution in [3.8, 4) is 17.2 Å². The topological polar surface area (TPSA) is 193 Å². The summed E-state index contributed by atoms with van der Waals surface area (Å²) in [6.45, 7) is 0.143. The summed E-state index contributed by atoms with van der Waals surface area (Å²) < 4.78 is 5.41. The van der Waals surface area contributed by atoms with Crippen LogP contribution in [0.4, 0.5) is 0 Å². The number of carbonyl (C=O) groups is 4. The Kier molecular flexibility index (Phi) is 7.02. The van der Waals surface area contributed by atoms with E-state index in [0.717, 1.165) is 18.7 Å². The van der Waals surface area contributed by atoms with Crippen molar-refractivity contribution >= 4 is 74.3 Å². The molecule has 0 radical (unpaired) electrons. The second kappa shape index (κ2) is 10.8. The Morgan fingerprint density at radius 3 is 2.30 bits per heavy atom. The number of Topliss-reactive ketones (excluding diaryl/α,β-unsaturated/α-hetero) is 3. The Morgan fingerprint density at radius 2 is 1.64 bits per heavy atom. The molecule has 14 heteroatoms. The average Bonchev–Trinajstić information content (AvgIpc) is 3.55. The molecule has 0 saturated carbocycles. The molecule has 4 aromatic rings. The lowest BCUT2D eigenvalue weighted by molar-refractivity contribution is 0.0790. The fraction of sp³-hybridized carbons (Fsp3) is 0.152. The van der Waals surface area contributed by atoms with Gasteiger partial charge in [0.2, 0.25) is 5.78 Å². The fourth-order valence-electron chi connectivity index (χ4n) is 6.66. The number of methoxy groups -OCH3 is 1. The molecule has 0 fully saturated rings. The van der Waals surface area contributed by atoms with Gasteiger partial charge in [-0.1, -0.05) is 28.9 Å². The quantitative estimate of drug-likeness (QED) is 0.0733. The number of H-pyrrole nitrogens is 1. The van der Waals surface area contributed by atoms with E-state index in [-0.39, 0.29) is 36.1 Å². The van der Waals surface area contributed by atoms with Crippen LogP contribution < -0.4 is 5.56 Å². The lowest BCUT2D eigenvalue weighted by Gasteiger charge is -2.23. The van der Waals surface area contributed by atoms with Crippen molar-refractivity contribution in [2.45, 2.75) is 24.9 Å². The van der Waals surface area contributed by atoms with Crippen LogP contribution >= 0.6 is 34.2 Å². The number of aromatic hydroxyl groups is 3. The Balaban J connectivity index is 1.33. The van der Waals surface area contributed by atoms with Crippen molar-refractivity contribution in [1.82, 2.24) is 4.98 Å². The minimum atomic E-state index is -2.14. The molecule has 0 saturated heterocycles. The van der Waals surface area contributed by atoms with E-state index < -0.39 is 79.4 Å². The van der Waals surface area contributed by atoms with Gasteiger partial charge in [0.1, 0.15) is 29.3 Å². The molecule has 4 N–H and O–H groups in total. The standard InChI is InChI=1S/C33H20ClIN2O10/c1-46-18-9-17(38)20-21(26(18)39)28(41)23-22(27(20)40)30(43)33(31(23)44)7-6-15-24(33)29(42)19-16(25(15)35)8-14(37-32(19)45)10-36-47-11-12-2-4-13(34)5-3-12/h2-5,8-10,40-42H,6-7,11H2,1H3,(H,37,45)/t33-/m0/s1. The summed E-state index contributed by atoms with van der Waals surface area (Å²) >= 11 is 7.86. The van der Waals surface area contributed by atoms with Crippen molar-refractivity contribution in [2.24, 2.45) is 5.16 Å². The van der Waals surface area contributed by atoms with E-state index in [1.54, 1.807) is 30.3 Å². The molecule has 12 nitrogen and oxygen atoms in total. The van der Waals surface area contributed by atoms with Crippen LogP contribution in [0, 0.1) is 3.57 Å². The van der Waals surface area contributed by atoms with Gasteiger partial charge in [-0.2, -0.15) is 0 Å². The summed E-state index contributed by atoms with van der Waals surface area (Å²) in [5, 5.41) is 38.6. The zero-order chi connectivity index (χ0) is 33.5. The van der Waals surface area contributed by atoms with Crippen molar-refractivity contribution in [1.29, 1.82) is 0 Å². The van der Waals surface area contributed by atoms with Crippen molar-refractivity contribution in [3.63, 3.8) is 0 Å². The number of aromatic amines is 1. The van der Waals surface area contributed by atoms with Gasteiger partial charge < -0.3 is 29.9 Å². The molecule has 236 valence electrons. The summed E-state index contributed by atoms with van der Waals surface area (Å²) in [5.74, 6) is -6.76. The molecular weight excluding hydrogens is 747 g/mol. The first kappa shape index (κ1) is 30.6. The molecule has 3 aliphatic carbocycles. The van der Waals surface area contributed by atoms with Crippen LogP contribution in [-0.2, 0) is 28.0 Å². The number of pyridine rings is 1. The number of nitrogens with one attached hydrogen (secondary N) is 1. The molecule has 1 spiro atoms. The number of ether oxygens (including phenoxy) is 1. The first-order valence-corrected chi connectivity index (χ1v) is 15.4. The van der Waals surface area contributed by atoms with Gasteiger partial charge >= 0.3 is 0 Å². The number of ketones is 4. The van der Waals surface area contributed by atoms with E-state index in [4.69, 9.17) is 21.2 Å². The number of rotatable bonds is 5. The molecule has 0 bridgehead atoms. The van der Waals surface area contributed by atoms with Crippen LogP contribution in [0.1, 0.15) is 70.2 Å². The monoisotopic (exact) mass is 766 g/mol. The lowest BCUT2D eigenvalue weighted by Crippen LogP contribution is -2.36. The van der Waals surface area contributed by atoms with Gasteiger partial charge in [0.25, 0.3) is 5.56 Å². The maximum absolute atomic E-state index is 14.2. The Bertz CT molecular complexity index is 2290. The number of benzene rings is 3. The van der Waals surface area contributed by atoms with E-state index in [0.29, 0.717) is 19.5 Å². The molecule has 1 atom stereocenters. The third kappa shape index (κ3) is 4.18. The molecule has 1 aromatic heterocycles. The molecule has 3 aromatic carbocycles. The van der Waals surface area contributed by atoms with E-state index >= 15 is 0 Å². The number of oxime groups is 1. The van der Waals surface area contributed by atoms with Crippen LogP contribution in [-0.4, -0.2) is 56.8 Å². The lowest BCUT2D eigenvalue weighted by atomic mass is 9.76. The number of allylic oxidation sites excluding steroid dienone is 2. The summed E-state index contributed by atoms with van der Waals surface area (Å²) in [6, 6.07) is 8.54. The number of hydrogen-bond acceptors (Lipinski definition) is 11. The van der Waals surface area contributed by atoms with Crippen molar-refractivity contribution in [2.75, 3.05) is 7.11 Å². The highest BCUT2D eigenvalue weighted by Crippen LogP contribution is 2.58. The molecular formula is C33H20ClIN2O10. The third-order valence-electron chi connectivity index (χ3n) is 8.77. The number of halogens is 2. The predicted molar refractivity (Wildman–Crippen MR) is 175 cm³/mol. The Morgan fingerprint density at radius 1 is 0.979 bits per heavy atom. The van der Waals surface area contributed by atoms with Crippen LogP contribution in [0.25, 0.3) is 10.8 Å². The summed E-state index contributed by atoms with van der Waals surface area (Å²) in [7, 11) is 1.13. The first-order valence-electron chi connectivity index (χ1n) is 14.0. The maximum Gasteiger partial charge on any atom is 0.260 e. The normalized spacial score (nSPS) is 18.2. The van der Waals surface area contributed by atoms with Gasteiger partial charge in [0, 0.05) is 25.6 Å². The van der Waals surface area contributed by atoms with Crippen molar-refractivity contribution < 1.29 is 44.1 Å². The molecule has 7 rings (SSSR count). The van der Waals surface area contributed by atoms with Crippen LogP contribution in [0.3, 0.4) is 0 Å². The highest BCUT2D eigenvalue weighted by Gasteiger charge is 2.62. The summed E-state index contributed by atoms with van der Waals surface area (Å²) in [5.41, 5.74) is -4.12. The predicted octanol–water partition coefficient (Wildman–Crippen LogP) is 4.63. The highest BCUT2D eigenvalue weighted by molar-refractivity contribution is 14.1. The molecule has 47 heavy (non-hydrogen) atoms. The number of hydrogen-bond donors (Lipinski definition) is 4. The average molecular weight is 767 g/mol. The Hall–Kier alpha value is -5.02. The van der Waals surface area contributed by atoms with Gasteiger partial charge in [-0.25, -0.2) is 0 Å². The summed E-state index contributed by atoms with van der Waals surface area (Å²) in [6.07, 6.45) is 2.04. The number of aromatic nitrogens is 1. The van der Waals surface area contributed by atoms with Crippen LogP contribution in [0.2, 0.25) is 5.02 Å². The maximum atomic E-state index is 14.2. The first-order chi connectivity index (χ1) is 22.4. The minimum absolute atomic E-state index is 0.109. The van der Waals surface area contributed by atoms with Gasteiger partial charge in [-0.05, 0) is 64.8 Å². The number of fused-ring (bicyclic) bond motifs is 5. The molecule has 3 aliphatic rings. The number of phenols is 3. The zero-order valence-electron chi connectivity index (χ0n) is 24.1. The smallest absolute Gasteiger partial charge is 0.260 e. The number of nitrogens with zero attached hydrogens (tertiary/aromatic N) is 1. The van der Waals surface area contributed by atoms with Gasteiger partial charge in [-0.3, -0.25) is 24.0 Å². The van der Waals surface area contributed by atoms with E-state index in [1.807, 2.05) is 22.6 Å². The van der Waals surface area contributed by atoms with Crippen LogP contribution in [0.15, 0.2) is 52.1 Å². The number of phenolic OH excluding ortho intramolecular Hbond substituents is 3. The SMILES string of the molecule is COC1=CC(=O)c2c(O)c3c(c(O)c2C1=O)C(=O)[C@]1(CCc2c1c(O)c1c(=O)[nH]c(C=NOCc4ccc(Cl)cc4)cc1c2I)C3=O. The zero-order valence-corrected chi connectivity index (χ0v) is 27.0. The molecule has 0 unspecified atom stereocenters. The van der Waals surface area contributed by atoms with E-state index in [2.05, 4.69) is 10.1 Å². The minimum Gasteiger partial charge on any atom is -0.507 e. The largest absolute Gasteiger partial charge is 0.507 e. The fourth-order valence-corrected chi connectivity index (χ4v) is 7.75. The molecule has 0 amide bonds. The van der Waals surface area contributed by atoms with Gasteiger partial charge in [0.15, 0.2) is 23.1 Å². The third-order valence-corrected chi connectivity index (χ3v) is 10.3. The van der Waals surface area contributed by atoms with Gasteiger partial charge in [0.05, 0.1) is 46.7 Å². The molecule has 0 aliphatic heterocycles. The second-order valence-corrected chi connectivity index (χ2v) is 12.7. The van der Waals surface area contributed by atoms with Gasteiger partial charge in [-0.15, -0.1) is 0 Å². The highest BCUT2D eigenvalue weighted by atomic mass is 127. The molecule has 1 heterocycles. The van der Waals surface area contributed by atoms with E-state index in [1.165, 1.54) is 6.21 Å². The van der Waals surface area contributed by atoms with Crippen molar-refractivity contribution in [3.05, 3.63) is 106 Å². The Labute approximate surface area is 282 Å². The van der Waals surface area contributed by atoms with E-state index in [9.17, 15) is 39.3 Å². The second-order valence-electron chi connectivity index (χ2n) is 11.2. The number of carbonyl (C=O) groups excluding carboxylic acids is 4. The summed E-state index contributed by atoms with van der Waals surface area (Å²) in [4.78, 5) is 75.6.